The van der Waals surface area contributed by atoms with Crippen LogP contribution < -0.4 is 5.69 Å². The van der Waals surface area contributed by atoms with Gasteiger partial charge in [0.05, 0.1) is 6.61 Å². The molecule has 8 heteroatoms. The quantitative estimate of drug-likeness (QED) is 0.587. The maximum Gasteiger partial charge on any atom is 0.336 e. The number of aliphatic hydroxyl groups is 3. The van der Waals surface area contributed by atoms with E-state index in [0.29, 0.717) is 5.65 Å². The summed E-state index contributed by atoms with van der Waals surface area (Å²) in [5.74, 6) is 0. The summed E-state index contributed by atoms with van der Waals surface area (Å²) >= 11 is 0. The molecule has 102 valence electrons. The van der Waals surface area contributed by atoms with Gasteiger partial charge in [-0.3, -0.25) is 8.97 Å². The van der Waals surface area contributed by atoms with E-state index in [0.717, 1.165) is 4.57 Å². The molecule has 0 saturated carbocycles. The van der Waals surface area contributed by atoms with Gasteiger partial charge in [-0.25, -0.2) is 9.78 Å². The van der Waals surface area contributed by atoms with Gasteiger partial charge in [0.2, 0.25) is 0 Å². The first-order valence-electron chi connectivity index (χ1n) is 5.80. The van der Waals surface area contributed by atoms with E-state index in [9.17, 15) is 15.0 Å². The van der Waals surface area contributed by atoms with Crippen LogP contribution in [0.25, 0.3) is 5.65 Å². The Bertz CT molecular complexity index is 651. The molecule has 3 N–H and O–H groups in total. The van der Waals surface area contributed by atoms with Crippen LogP contribution in [-0.2, 0) is 4.74 Å². The van der Waals surface area contributed by atoms with Gasteiger partial charge < -0.3 is 20.1 Å². The van der Waals surface area contributed by atoms with Crippen LogP contribution in [0.4, 0.5) is 0 Å². The van der Waals surface area contributed by atoms with Crippen LogP contribution in [0.1, 0.15) is 6.23 Å². The van der Waals surface area contributed by atoms with E-state index >= 15 is 0 Å². The summed E-state index contributed by atoms with van der Waals surface area (Å²) < 4.78 is 7.77. The number of hydrogen-bond donors (Lipinski definition) is 3. The smallest absolute Gasteiger partial charge is 0.336 e. The summed E-state index contributed by atoms with van der Waals surface area (Å²) in [4.78, 5) is 16.1. The Balaban J connectivity index is 2.05. The third-order valence-electron chi connectivity index (χ3n) is 3.27. The number of hydrogen-bond acceptors (Lipinski definition) is 6. The molecule has 0 amide bonds. The fraction of sp³-hybridized carbons (Fsp3) is 0.455. The minimum absolute atomic E-state index is 0.434. The number of aromatic nitrogens is 3. The maximum absolute atomic E-state index is 12.2. The molecular weight excluding hydrogens is 254 g/mol. The molecule has 1 fully saturated rings. The number of ether oxygens (including phenoxy) is 1. The Morgan fingerprint density at radius 1 is 1.32 bits per heavy atom. The molecule has 4 atom stereocenters. The van der Waals surface area contributed by atoms with Gasteiger partial charge in [0, 0.05) is 18.6 Å². The predicted molar refractivity (Wildman–Crippen MR) is 62.5 cm³/mol. The van der Waals surface area contributed by atoms with E-state index in [4.69, 9.17) is 9.84 Å². The number of imidazole rings is 1. The first kappa shape index (κ1) is 12.3. The van der Waals surface area contributed by atoms with Gasteiger partial charge in [-0.15, -0.1) is 0 Å². The van der Waals surface area contributed by atoms with Crippen LogP contribution in [0.15, 0.2) is 29.5 Å². The standard InChI is InChI=1S/C11H13N3O5/c15-5-6-8(16)9(17)10(19-6)14-3-1-7-12-2-4-13(7)11(14)18/h1-4,6,8-10,15-17H,5H2/t6-,8+,9+,10+/m0/s1. The molecule has 0 unspecified atom stereocenters. The summed E-state index contributed by atoms with van der Waals surface area (Å²) in [5, 5.41) is 28.6. The van der Waals surface area contributed by atoms with Crippen molar-refractivity contribution in [2.24, 2.45) is 0 Å². The largest absolute Gasteiger partial charge is 0.394 e. The van der Waals surface area contributed by atoms with Crippen LogP contribution in [0.5, 0.6) is 0 Å². The molecule has 8 nitrogen and oxygen atoms in total. The Morgan fingerprint density at radius 3 is 2.79 bits per heavy atom. The zero-order valence-corrected chi connectivity index (χ0v) is 9.83. The summed E-state index contributed by atoms with van der Waals surface area (Å²) in [6.07, 6.45) is -0.0492. The van der Waals surface area contributed by atoms with Crippen LogP contribution >= 0.6 is 0 Å². The van der Waals surface area contributed by atoms with E-state index in [-0.39, 0.29) is 0 Å². The van der Waals surface area contributed by atoms with E-state index in [1.165, 1.54) is 23.0 Å². The molecule has 0 aromatic carbocycles. The molecule has 2 aromatic rings. The minimum Gasteiger partial charge on any atom is -0.394 e. The van der Waals surface area contributed by atoms with Crippen molar-refractivity contribution in [2.45, 2.75) is 24.5 Å². The lowest BCUT2D eigenvalue weighted by molar-refractivity contribution is -0.0550. The highest BCUT2D eigenvalue weighted by atomic mass is 16.6. The van der Waals surface area contributed by atoms with Crippen LogP contribution in [-0.4, -0.2) is 54.2 Å². The van der Waals surface area contributed by atoms with E-state index in [2.05, 4.69) is 4.98 Å². The molecule has 3 heterocycles. The molecule has 19 heavy (non-hydrogen) atoms. The van der Waals surface area contributed by atoms with Crippen LogP contribution in [0.3, 0.4) is 0 Å². The fourth-order valence-corrected chi connectivity index (χ4v) is 2.24. The van der Waals surface area contributed by atoms with Crippen molar-refractivity contribution < 1.29 is 20.1 Å². The van der Waals surface area contributed by atoms with E-state index in [1.54, 1.807) is 6.07 Å². The first-order chi connectivity index (χ1) is 9.13. The molecule has 1 saturated heterocycles. The summed E-state index contributed by atoms with van der Waals surface area (Å²) in [6.45, 7) is -0.434. The van der Waals surface area contributed by atoms with Gasteiger partial charge >= 0.3 is 5.69 Å². The molecule has 0 radical (unpaired) electrons. The highest BCUT2D eigenvalue weighted by Crippen LogP contribution is 2.27. The Kier molecular flexibility index (Phi) is 2.86. The molecule has 0 bridgehead atoms. The summed E-state index contributed by atoms with van der Waals surface area (Å²) in [5.41, 5.74) is 0.0397. The van der Waals surface area contributed by atoms with Crippen LogP contribution in [0.2, 0.25) is 0 Å². The van der Waals surface area contributed by atoms with Gasteiger partial charge in [-0.1, -0.05) is 0 Å². The second kappa shape index (κ2) is 4.42. The maximum atomic E-state index is 12.2. The van der Waals surface area contributed by atoms with Gasteiger partial charge in [-0.05, 0) is 6.07 Å². The lowest BCUT2D eigenvalue weighted by Gasteiger charge is -2.17. The SMILES string of the molecule is O=c1n([C@@H]2O[C@@H](CO)[C@@H](O)[C@H]2O)ccc2nccn12. The van der Waals surface area contributed by atoms with Crippen molar-refractivity contribution in [1.82, 2.24) is 14.0 Å². The third-order valence-corrected chi connectivity index (χ3v) is 3.27. The molecule has 0 spiro atoms. The Morgan fingerprint density at radius 2 is 2.11 bits per heavy atom. The van der Waals surface area contributed by atoms with Gasteiger partial charge in [0.1, 0.15) is 24.0 Å². The lowest BCUT2D eigenvalue weighted by atomic mass is 10.1. The average Bonchev–Trinajstić information content (AvgIpc) is 2.98. The highest BCUT2D eigenvalue weighted by molar-refractivity contribution is 5.35. The number of aliphatic hydroxyl groups excluding tert-OH is 3. The van der Waals surface area contributed by atoms with Crippen molar-refractivity contribution in [2.75, 3.05) is 6.61 Å². The first-order valence-corrected chi connectivity index (χ1v) is 5.80. The zero-order valence-electron chi connectivity index (χ0n) is 9.83. The zero-order chi connectivity index (χ0) is 13.6. The van der Waals surface area contributed by atoms with Crippen molar-refractivity contribution in [3.63, 3.8) is 0 Å². The third kappa shape index (κ3) is 1.77. The molecule has 3 rings (SSSR count). The number of nitrogens with zero attached hydrogens (tertiary/aromatic N) is 3. The van der Waals surface area contributed by atoms with Gasteiger partial charge in [0.15, 0.2) is 6.23 Å². The Hall–Kier alpha value is -1.74. The van der Waals surface area contributed by atoms with E-state index < -0.39 is 36.8 Å². The summed E-state index contributed by atoms with van der Waals surface area (Å²) in [7, 11) is 0. The molecule has 0 aliphatic carbocycles. The molecule has 1 aliphatic heterocycles. The topological polar surface area (TPSA) is 109 Å². The molecular formula is C11H13N3O5. The predicted octanol–water partition coefficient (Wildman–Crippen LogP) is -1.89. The monoisotopic (exact) mass is 267 g/mol. The van der Waals surface area contributed by atoms with Crippen molar-refractivity contribution >= 4 is 5.65 Å². The lowest BCUT2D eigenvalue weighted by Crippen LogP contribution is -2.36. The normalized spacial score (nSPS) is 31.1. The van der Waals surface area contributed by atoms with Crippen molar-refractivity contribution in [1.29, 1.82) is 0 Å². The van der Waals surface area contributed by atoms with E-state index in [1.807, 2.05) is 0 Å². The molecule has 2 aromatic heterocycles. The van der Waals surface area contributed by atoms with Crippen molar-refractivity contribution in [3.8, 4) is 0 Å². The minimum atomic E-state index is -1.28. The average molecular weight is 267 g/mol. The van der Waals surface area contributed by atoms with Crippen LogP contribution in [0, 0.1) is 0 Å². The summed E-state index contributed by atoms with van der Waals surface area (Å²) in [6, 6.07) is 1.59. The Labute approximate surface area is 107 Å². The highest BCUT2D eigenvalue weighted by Gasteiger charge is 2.43. The molecule has 1 aliphatic rings. The second-order valence-electron chi connectivity index (χ2n) is 4.39. The number of fused-ring (bicyclic) bond motifs is 1. The fourth-order valence-electron chi connectivity index (χ4n) is 2.24. The second-order valence-corrected chi connectivity index (χ2v) is 4.39. The van der Waals surface area contributed by atoms with Gasteiger partial charge in [0.25, 0.3) is 0 Å². The van der Waals surface area contributed by atoms with Crippen molar-refractivity contribution in [3.05, 3.63) is 35.1 Å². The number of rotatable bonds is 2. The van der Waals surface area contributed by atoms with Gasteiger partial charge in [-0.2, -0.15) is 0 Å².